The van der Waals surface area contributed by atoms with Gasteiger partial charge in [0.05, 0.1) is 10.5 Å². The molecule has 0 unspecified atom stereocenters. The summed E-state index contributed by atoms with van der Waals surface area (Å²) < 4.78 is 32.1. The van der Waals surface area contributed by atoms with Gasteiger partial charge in [-0.25, -0.2) is 13.2 Å². The highest BCUT2D eigenvalue weighted by Gasteiger charge is 2.28. The quantitative estimate of drug-likeness (QED) is 0.688. The number of piperidine rings is 1. The van der Waals surface area contributed by atoms with Gasteiger partial charge in [-0.3, -0.25) is 4.79 Å². The molecule has 0 radical (unpaired) electrons. The van der Waals surface area contributed by atoms with Gasteiger partial charge in [-0.05, 0) is 80.1 Å². The Morgan fingerprint density at radius 1 is 1.03 bits per heavy atom. The highest BCUT2D eigenvalue weighted by molar-refractivity contribution is 7.89. The van der Waals surface area contributed by atoms with E-state index in [4.69, 9.17) is 4.74 Å². The topological polar surface area (TPSA) is 92.8 Å². The van der Waals surface area contributed by atoms with Gasteiger partial charge in [-0.1, -0.05) is 13.0 Å². The summed E-state index contributed by atoms with van der Waals surface area (Å²) in [6.45, 7) is 6.55. The largest absolute Gasteiger partial charge is 0.452 e. The normalized spacial score (nSPS) is 15.5. The Morgan fingerprint density at radius 2 is 1.61 bits per heavy atom. The number of amides is 1. The second-order valence-electron chi connectivity index (χ2n) is 8.11. The van der Waals surface area contributed by atoms with E-state index in [9.17, 15) is 18.0 Å². The fourth-order valence-electron chi connectivity index (χ4n) is 3.60. The number of aryl methyl sites for hydroxylation is 2. The molecule has 3 rings (SSSR count). The van der Waals surface area contributed by atoms with Gasteiger partial charge in [0.1, 0.15) is 0 Å². The third-order valence-corrected chi connectivity index (χ3v) is 7.22. The minimum Gasteiger partial charge on any atom is -0.452 e. The number of nitrogens with zero attached hydrogens (tertiary/aromatic N) is 1. The molecule has 8 heteroatoms. The van der Waals surface area contributed by atoms with E-state index in [-0.39, 0.29) is 10.5 Å². The summed E-state index contributed by atoms with van der Waals surface area (Å²) in [5.41, 5.74) is 2.86. The smallest absolute Gasteiger partial charge is 0.338 e. The van der Waals surface area contributed by atoms with Gasteiger partial charge < -0.3 is 10.1 Å². The molecule has 0 bridgehead atoms. The fourth-order valence-corrected chi connectivity index (χ4v) is 5.07. The summed E-state index contributed by atoms with van der Waals surface area (Å²) in [6, 6.07) is 11.3. The lowest BCUT2D eigenvalue weighted by atomic mass is 10.0. The number of carbonyl (C=O) groups excluding carboxylic acids is 2. The lowest BCUT2D eigenvalue weighted by Crippen LogP contribution is -2.37. The lowest BCUT2D eigenvalue weighted by Gasteiger charge is -2.29. The molecule has 0 aromatic heterocycles. The van der Waals surface area contributed by atoms with Crippen LogP contribution in [0.25, 0.3) is 0 Å². The van der Waals surface area contributed by atoms with Gasteiger partial charge in [0.15, 0.2) is 6.61 Å². The van der Waals surface area contributed by atoms with Crippen molar-refractivity contribution in [1.29, 1.82) is 0 Å². The molecule has 1 aliphatic rings. The third-order valence-electron chi connectivity index (χ3n) is 5.31. The summed E-state index contributed by atoms with van der Waals surface area (Å²) in [5.74, 6) is -0.612. The van der Waals surface area contributed by atoms with Crippen LogP contribution < -0.4 is 5.32 Å². The van der Waals surface area contributed by atoms with Crippen LogP contribution in [-0.2, 0) is 19.6 Å². The number of ether oxygens (including phenoxy) is 1. The molecule has 166 valence electrons. The van der Waals surface area contributed by atoms with Crippen LogP contribution >= 0.6 is 0 Å². The summed E-state index contributed by atoms with van der Waals surface area (Å²) >= 11 is 0. The van der Waals surface area contributed by atoms with Crippen LogP contribution in [0.3, 0.4) is 0 Å². The van der Waals surface area contributed by atoms with Crippen LogP contribution in [0, 0.1) is 19.8 Å². The summed E-state index contributed by atoms with van der Waals surface area (Å²) in [7, 11) is -3.58. The van der Waals surface area contributed by atoms with Gasteiger partial charge in [-0.2, -0.15) is 4.31 Å². The fraction of sp³-hybridized carbons (Fsp3) is 0.391. The minimum atomic E-state index is -3.58. The molecule has 2 aromatic carbocycles. The Morgan fingerprint density at radius 3 is 2.19 bits per heavy atom. The summed E-state index contributed by atoms with van der Waals surface area (Å²) in [6.07, 6.45) is 1.68. The van der Waals surface area contributed by atoms with Crippen molar-refractivity contribution in [2.45, 2.75) is 38.5 Å². The molecule has 0 atom stereocenters. The van der Waals surface area contributed by atoms with Gasteiger partial charge in [0.2, 0.25) is 10.0 Å². The first-order chi connectivity index (χ1) is 14.6. The maximum atomic E-state index is 12.8. The zero-order valence-electron chi connectivity index (χ0n) is 18.1. The van der Waals surface area contributed by atoms with Crippen LogP contribution in [0.1, 0.15) is 41.3 Å². The predicted molar refractivity (Wildman–Crippen MR) is 118 cm³/mol. The third kappa shape index (κ3) is 5.92. The Labute approximate surface area is 183 Å². The first-order valence-corrected chi connectivity index (χ1v) is 11.7. The van der Waals surface area contributed by atoms with Crippen LogP contribution in [0.5, 0.6) is 0 Å². The number of sulfonamides is 1. The Balaban J connectivity index is 1.57. The zero-order valence-corrected chi connectivity index (χ0v) is 18.9. The Hall–Kier alpha value is -2.71. The van der Waals surface area contributed by atoms with Crippen LogP contribution in [-0.4, -0.2) is 44.3 Å². The van der Waals surface area contributed by atoms with E-state index in [1.54, 1.807) is 0 Å². The van der Waals surface area contributed by atoms with Crippen molar-refractivity contribution >= 4 is 27.6 Å². The standard InChI is InChI=1S/C23H28N2O5S/c1-16-8-10-25(11-9-16)31(28,29)21-6-4-19(5-7-21)23(27)30-15-22(26)24-20-13-17(2)12-18(3)14-20/h4-7,12-14,16H,8-11,15H2,1-3H3,(H,24,26). The molecule has 7 nitrogen and oxygen atoms in total. The number of anilines is 1. The molecule has 1 N–H and O–H groups in total. The lowest BCUT2D eigenvalue weighted by molar-refractivity contribution is -0.119. The monoisotopic (exact) mass is 444 g/mol. The summed E-state index contributed by atoms with van der Waals surface area (Å²) in [4.78, 5) is 24.5. The zero-order chi connectivity index (χ0) is 22.6. The van der Waals surface area contributed by atoms with Crippen molar-refractivity contribution in [2.24, 2.45) is 5.92 Å². The molecule has 0 spiro atoms. The average Bonchev–Trinajstić information content (AvgIpc) is 2.71. The van der Waals surface area contributed by atoms with Crippen molar-refractivity contribution in [2.75, 3.05) is 25.0 Å². The van der Waals surface area contributed by atoms with Crippen LogP contribution in [0.15, 0.2) is 47.4 Å². The number of hydrogen-bond donors (Lipinski definition) is 1. The molecule has 0 aliphatic carbocycles. The van der Waals surface area contributed by atoms with Gasteiger partial charge in [0.25, 0.3) is 5.91 Å². The van der Waals surface area contributed by atoms with Crippen LogP contribution in [0.4, 0.5) is 5.69 Å². The molecule has 31 heavy (non-hydrogen) atoms. The van der Waals surface area contributed by atoms with E-state index in [1.807, 2.05) is 32.0 Å². The molecule has 2 aromatic rings. The van der Waals surface area contributed by atoms with Gasteiger partial charge in [-0.15, -0.1) is 0 Å². The van der Waals surface area contributed by atoms with Crippen molar-refractivity contribution < 1.29 is 22.7 Å². The molecular weight excluding hydrogens is 416 g/mol. The van der Waals surface area contributed by atoms with E-state index >= 15 is 0 Å². The van der Waals surface area contributed by atoms with Crippen molar-refractivity contribution in [3.8, 4) is 0 Å². The number of hydrogen-bond acceptors (Lipinski definition) is 5. The molecular formula is C23H28N2O5S. The molecule has 1 fully saturated rings. The minimum absolute atomic E-state index is 0.145. The highest BCUT2D eigenvalue weighted by atomic mass is 32.2. The SMILES string of the molecule is Cc1cc(C)cc(NC(=O)COC(=O)c2ccc(S(=O)(=O)N3CCC(C)CC3)cc2)c1. The van der Waals surface area contributed by atoms with E-state index < -0.39 is 28.5 Å². The van der Waals surface area contributed by atoms with E-state index in [0.717, 1.165) is 24.0 Å². The Kier molecular flexibility index (Phi) is 7.12. The molecule has 1 amide bonds. The van der Waals surface area contributed by atoms with Gasteiger partial charge >= 0.3 is 5.97 Å². The number of rotatable bonds is 6. The Bertz CT molecular complexity index is 1040. The first kappa shape index (κ1) is 23.0. The first-order valence-electron chi connectivity index (χ1n) is 10.3. The highest BCUT2D eigenvalue weighted by Crippen LogP contribution is 2.23. The summed E-state index contributed by atoms with van der Waals surface area (Å²) in [5, 5.41) is 2.70. The number of esters is 1. The second-order valence-corrected chi connectivity index (χ2v) is 10.0. The van der Waals surface area contributed by atoms with Crippen molar-refractivity contribution in [1.82, 2.24) is 4.31 Å². The maximum Gasteiger partial charge on any atom is 0.338 e. The average molecular weight is 445 g/mol. The maximum absolute atomic E-state index is 12.8. The van der Waals surface area contributed by atoms with Crippen molar-refractivity contribution in [3.05, 3.63) is 59.2 Å². The van der Waals surface area contributed by atoms with E-state index in [1.165, 1.54) is 28.6 Å². The van der Waals surface area contributed by atoms with Gasteiger partial charge in [0, 0.05) is 18.8 Å². The molecule has 1 aliphatic heterocycles. The van der Waals surface area contributed by atoms with Crippen LogP contribution in [0.2, 0.25) is 0 Å². The second kappa shape index (κ2) is 9.62. The molecule has 1 heterocycles. The predicted octanol–water partition coefficient (Wildman–Crippen LogP) is 3.52. The van der Waals surface area contributed by atoms with Crippen molar-refractivity contribution in [3.63, 3.8) is 0 Å². The molecule has 1 saturated heterocycles. The van der Waals surface area contributed by atoms with E-state index in [2.05, 4.69) is 12.2 Å². The number of benzene rings is 2. The molecule has 0 saturated carbocycles. The van der Waals surface area contributed by atoms with E-state index in [0.29, 0.717) is 24.7 Å². The number of nitrogens with one attached hydrogen (secondary N) is 1. The number of carbonyl (C=O) groups is 2.